The molecule has 3 aromatic rings. The molecule has 2 aromatic carbocycles. The number of hydrogen-bond donors (Lipinski definition) is 1. The van der Waals surface area contributed by atoms with Gasteiger partial charge in [-0.2, -0.15) is 0 Å². The number of thiazole rings is 1. The van der Waals surface area contributed by atoms with Gasteiger partial charge in [-0.1, -0.05) is 41.9 Å². The second-order valence-corrected chi connectivity index (χ2v) is 8.66. The summed E-state index contributed by atoms with van der Waals surface area (Å²) in [6.45, 7) is 3.76. The Morgan fingerprint density at radius 2 is 1.87 bits per heavy atom. The van der Waals surface area contributed by atoms with E-state index in [0.29, 0.717) is 22.0 Å². The van der Waals surface area contributed by atoms with E-state index < -0.39 is 17.7 Å². The molecule has 31 heavy (non-hydrogen) atoms. The number of rotatable bonds is 4. The number of aliphatic hydroxyl groups excluding tert-OH is 1. The zero-order chi connectivity index (χ0) is 22.3. The minimum atomic E-state index is -0.813. The molecule has 1 aromatic heterocycles. The summed E-state index contributed by atoms with van der Waals surface area (Å²) in [5.74, 6) is -1.37. The maximum Gasteiger partial charge on any atom is 0.301 e. The maximum absolute atomic E-state index is 13.1. The molecule has 0 radical (unpaired) electrons. The summed E-state index contributed by atoms with van der Waals surface area (Å²) in [4.78, 5) is 33.0. The summed E-state index contributed by atoms with van der Waals surface area (Å²) in [6, 6.07) is 13.0. The second-order valence-electron chi connectivity index (χ2n) is 7.07. The minimum absolute atomic E-state index is 0.0112. The first-order chi connectivity index (χ1) is 14.8. The van der Waals surface area contributed by atoms with Gasteiger partial charge in [-0.25, -0.2) is 4.98 Å². The Morgan fingerprint density at radius 1 is 1.16 bits per heavy atom. The molecule has 0 bridgehead atoms. The zero-order valence-corrected chi connectivity index (χ0v) is 18.6. The van der Waals surface area contributed by atoms with Crippen LogP contribution in [0.15, 0.2) is 54.1 Å². The van der Waals surface area contributed by atoms with E-state index in [0.717, 1.165) is 10.6 Å². The van der Waals surface area contributed by atoms with Crippen molar-refractivity contribution in [1.29, 1.82) is 0 Å². The van der Waals surface area contributed by atoms with E-state index in [1.165, 1.54) is 29.4 Å². The summed E-state index contributed by atoms with van der Waals surface area (Å²) < 4.78 is 5.16. The third-order valence-electron chi connectivity index (χ3n) is 5.21. The average molecular weight is 455 g/mol. The highest BCUT2D eigenvalue weighted by Crippen LogP contribution is 2.44. The van der Waals surface area contributed by atoms with E-state index in [2.05, 4.69) is 4.98 Å². The molecule has 1 unspecified atom stereocenters. The molecule has 1 N–H and O–H groups in total. The molecule has 0 aliphatic carbocycles. The van der Waals surface area contributed by atoms with Gasteiger partial charge in [0.2, 0.25) is 0 Å². The second kappa shape index (κ2) is 8.17. The fourth-order valence-electron chi connectivity index (χ4n) is 3.51. The number of aryl methyl sites for hydroxylation is 2. The lowest BCUT2D eigenvalue weighted by atomic mass is 9.95. The summed E-state index contributed by atoms with van der Waals surface area (Å²) in [5, 5.41) is 11.8. The van der Waals surface area contributed by atoms with Gasteiger partial charge in [-0.3, -0.25) is 14.5 Å². The van der Waals surface area contributed by atoms with Crippen molar-refractivity contribution in [2.24, 2.45) is 0 Å². The summed E-state index contributed by atoms with van der Waals surface area (Å²) >= 11 is 7.55. The predicted molar refractivity (Wildman–Crippen MR) is 121 cm³/mol. The number of nitrogens with zero attached hydrogens (tertiary/aromatic N) is 2. The van der Waals surface area contributed by atoms with Crippen LogP contribution in [0.25, 0.3) is 5.76 Å². The minimum Gasteiger partial charge on any atom is -0.507 e. The molecule has 0 spiro atoms. The molecule has 0 saturated carbocycles. The molecule has 1 aliphatic heterocycles. The molecule has 1 amide bonds. The predicted octanol–water partition coefficient (Wildman–Crippen LogP) is 5.05. The molecule has 6 nitrogen and oxygen atoms in total. The Kier molecular flexibility index (Phi) is 5.56. The Hall–Kier alpha value is -3.16. The van der Waals surface area contributed by atoms with E-state index in [9.17, 15) is 14.7 Å². The number of amides is 1. The highest BCUT2D eigenvalue weighted by atomic mass is 35.5. The van der Waals surface area contributed by atoms with E-state index in [1.54, 1.807) is 12.1 Å². The van der Waals surface area contributed by atoms with Crippen LogP contribution in [-0.2, 0) is 9.59 Å². The van der Waals surface area contributed by atoms with E-state index in [-0.39, 0.29) is 16.4 Å². The van der Waals surface area contributed by atoms with Gasteiger partial charge < -0.3 is 9.84 Å². The van der Waals surface area contributed by atoms with Crippen LogP contribution in [0.3, 0.4) is 0 Å². The van der Waals surface area contributed by atoms with Crippen LogP contribution in [0.2, 0.25) is 5.02 Å². The van der Waals surface area contributed by atoms with Gasteiger partial charge in [0.25, 0.3) is 5.78 Å². The number of aliphatic hydroxyl groups is 1. The molecule has 1 atom stereocenters. The molecule has 4 rings (SSSR count). The fourth-order valence-corrected chi connectivity index (χ4v) is 4.70. The van der Waals surface area contributed by atoms with Crippen LogP contribution in [-0.4, -0.2) is 28.9 Å². The molecule has 1 fully saturated rings. The maximum atomic E-state index is 13.1. The number of hydrogen-bond acceptors (Lipinski definition) is 6. The molecular formula is C23H19ClN2O4S. The van der Waals surface area contributed by atoms with Crippen LogP contribution in [0, 0.1) is 13.8 Å². The molecule has 158 valence electrons. The third kappa shape index (κ3) is 3.60. The Morgan fingerprint density at radius 3 is 2.45 bits per heavy atom. The van der Waals surface area contributed by atoms with Crippen molar-refractivity contribution in [2.45, 2.75) is 19.9 Å². The lowest BCUT2D eigenvalue weighted by Gasteiger charge is -2.23. The highest BCUT2D eigenvalue weighted by molar-refractivity contribution is 7.16. The van der Waals surface area contributed by atoms with Crippen LogP contribution in [0.5, 0.6) is 5.75 Å². The van der Waals surface area contributed by atoms with Gasteiger partial charge in [0.1, 0.15) is 11.5 Å². The van der Waals surface area contributed by atoms with Crippen molar-refractivity contribution in [1.82, 2.24) is 4.98 Å². The standard InChI is InChI=1S/C23H19ClN2O4S/c1-12-13(2)31-23(25-12)26-19(14-7-5-4-6-8-14)18(21(28)22(26)29)20(27)15-9-10-17(30-3)16(24)11-15/h4-11,19,27H,1-3H3. The van der Waals surface area contributed by atoms with Gasteiger partial charge in [-0.05, 0) is 37.6 Å². The van der Waals surface area contributed by atoms with Gasteiger partial charge >= 0.3 is 5.91 Å². The Balaban J connectivity index is 1.93. The quantitative estimate of drug-likeness (QED) is 0.339. The first-order valence-electron chi connectivity index (χ1n) is 9.47. The number of halogens is 1. The third-order valence-corrected chi connectivity index (χ3v) is 6.58. The lowest BCUT2D eigenvalue weighted by molar-refractivity contribution is -0.132. The normalized spacial score (nSPS) is 17.9. The monoisotopic (exact) mass is 454 g/mol. The molecular weight excluding hydrogens is 436 g/mol. The SMILES string of the molecule is COc1ccc(C(O)=C2C(=O)C(=O)N(c3nc(C)c(C)s3)C2c2ccccc2)cc1Cl. The summed E-state index contributed by atoms with van der Waals surface area (Å²) in [6.07, 6.45) is 0. The Labute approximate surface area is 188 Å². The van der Waals surface area contributed by atoms with Gasteiger partial charge in [0, 0.05) is 10.4 Å². The van der Waals surface area contributed by atoms with Crippen molar-refractivity contribution >= 4 is 45.5 Å². The van der Waals surface area contributed by atoms with Crippen LogP contribution in [0.4, 0.5) is 5.13 Å². The van der Waals surface area contributed by atoms with Gasteiger partial charge in [0.15, 0.2) is 5.13 Å². The Bertz CT molecular complexity index is 1200. The van der Waals surface area contributed by atoms with Crippen LogP contribution in [0.1, 0.15) is 27.7 Å². The number of ketones is 1. The zero-order valence-electron chi connectivity index (χ0n) is 17.0. The van der Waals surface area contributed by atoms with Crippen molar-refractivity contribution in [3.63, 3.8) is 0 Å². The fraction of sp³-hybridized carbons (Fsp3) is 0.174. The van der Waals surface area contributed by atoms with Gasteiger partial charge in [-0.15, -0.1) is 11.3 Å². The van der Waals surface area contributed by atoms with Crippen molar-refractivity contribution in [2.75, 3.05) is 12.0 Å². The lowest BCUT2D eigenvalue weighted by Crippen LogP contribution is -2.29. The van der Waals surface area contributed by atoms with E-state index in [1.807, 2.05) is 44.2 Å². The number of carbonyl (C=O) groups excluding carboxylic acids is 2. The summed E-state index contributed by atoms with van der Waals surface area (Å²) in [7, 11) is 1.49. The topological polar surface area (TPSA) is 79.7 Å². The van der Waals surface area contributed by atoms with Crippen molar-refractivity contribution in [3.8, 4) is 5.75 Å². The van der Waals surface area contributed by atoms with Crippen molar-refractivity contribution in [3.05, 3.63) is 80.8 Å². The number of methoxy groups -OCH3 is 1. The summed E-state index contributed by atoms with van der Waals surface area (Å²) in [5.41, 5.74) is 1.78. The number of ether oxygens (including phenoxy) is 1. The number of benzene rings is 2. The van der Waals surface area contributed by atoms with Gasteiger partial charge in [0.05, 0.1) is 29.4 Å². The number of Topliss-reactive ketones (excluding diaryl/α,β-unsaturated/α-hetero) is 1. The molecule has 2 heterocycles. The largest absolute Gasteiger partial charge is 0.507 e. The van der Waals surface area contributed by atoms with Crippen molar-refractivity contribution < 1.29 is 19.4 Å². The number of anilines is 1. The van der Waals surface area contributed by atoms with Crippen LogP contribution < -0.4 is 9.64 Å². The number of aromatic nitrogens is 1. The first kappa shape index (κ1) is 21.1. The van der Waals surface area contributed by atoms with E-state index in [4.69, 9.17) is 16.3 Å². The van der Waals surface area contributed by atoms with E-state index >= 15 is 0 Å². The van der Waals surface area contributed by atoms with Crippen LogP contribution >= 0.6 is 22.9 Å². The smallest absolute Gasteiger partial charge is 0.301 e. The molecule has 1 saturated heterocycles. The first-order valence-corrected chi connectivity index (χ1v) is 10.7. The number of carbonyl (C=O) groups is 2. The highest BCUT2D eigenvalue weighted by Gasteiger charge is 2.48. The molecule has 1 aliphatic rings. The molecule has 8 heteroatoms. The average Bonchev–Trinajstić information content (AvgIpc) is 3.23.